The van der Waals surface area contributed by atoms with Gasteiger partial charge in [-0.3, -0.25) is 0 Å². The minimum absolute atomic E-state index is 0.0165. The van der Waals surface area contributed by atoms with Crippen LogP contribution in [0.3, 0.4) is 0 Å². The maximum atomic E-state index is 12.8. The Morgan fingerprint density at radius 2 is 1.47 bits per heavy atom. The van der Waals surface area contributed by atoms with Gasteiger partial charge in [0.1, 0.15) is 0 Å². The van der Waals surface area contributed by atoms with Gasteiger partial charge in [-0.2, -0.15) is 0 Å². The molecule has 2 fully saturated rings. The van der Waals surface area contributed by atoms with E-state index >= 15 is 0 Å². The zero-order chi connectivity index (χ0) is 37.0. The van der Waals surface area contributed by atoms with Gasteiger partial charge in [0.05, 0.1) is 29.3 Å². The topological polar surface area (TPSA) is 108 Å². The van der Waals surface area contributed by atoms with Crippen molar-refractivity contribution in [1.82, 2.24) is 9.62 Å². The van der Waals surface area contributed by atoms with Crippen LogP contribution in [-0.4, -0.2) is 49.3 Å². The molecule has 0 spiro atoms. The number of nitrogens with one attached hydrogen (secondary N) is 1. The third-order valence-corrected chi connectivity index (χ3v) is 12.2. The van der Waals surface area contributed by atoms with Crippen LogP contribution in [0.15, 0.2) is 132 Å². The summed E-state index contributed by atoms with van der Waals surface area (Å²) in [7, 11) is -3.65. The standard InChI is InChI=1S/C43H45ClN2O6S/c1-30-40(28-46-23-21-43(48,22-24-46)37-17-19-38(44)20-18-37)51-42(52-41(30)33-15-13-31(29-47)14-16-33)36-10-6-9-35(26-36)34-8-5-7-32(25-34)27-45-53(49,50)39-11-3-2-4-12-39/h2-20,25-26,30,40-42,45,47-48H,21-24,27-29H2,1H3/t30-,40+,41+,42+/m1/s1. The number of sulfonamides is 1. The lowest BCUT2D eigenvalue weighted by Gasteiger charge is -2.45. The lowest BCUT2D eigenvalue weighted by Crippen LogP contribution is -2.49. The van der Waals surface area contributed by atoms with Crippen molar-refractivity contribution in [2.75, 3.05) is 19.6 Å². The highest BCUT2D eigenvalue weighted by atomic mass is 35.5. The Balaban J connectivity index is 1.09. The van der Waals surface area contributed by atoms with Gasteiger partial charge in [-0.25, -0.2) is 13.1 Å². The third-order valence-electron chi connectivity index (χ3n) is 10.6. The summed E-state index contributed by atoms with van der Waals surface area (Å²) in [6.07, 6.45) is 0.150. The van der Waals surface area contributed by atoms with Crippen molar-refractivity contribution in [1.29, 1.82) is 0 Å². The molecule has 2 saturated heterocycles. The van der Waals surface area contributed by atoms with Crippen molar-refractivity contribution >= 4 is 21.6 Å². The summed E-state index contributed by atoms with van der Waals surface area (Å²) < 4.78 is 42.0. The molecule has 0 bridgehead atoms. The van der Waals surface area contributed by atoms with Crippen LogP contribution in [0.1, 0.15) is 60.0 Å². The SMILES string of the molecule is C[C@@H]1[C@H](CN2CCC(O)(c3ccc(Cl)cc3)CC2)O[C@H](c2cccc(-c3cccc(CNS(=O)(=O)c4ccccc4)c3)c2)O[C@@H]1c1ccc(CO)cc1. The maximum Gasteiger partial charge on any atom is 0.240 e. The summed E-state index contributed by atoms with van der Waals surface area (Å²) >= 11 is 6.11. The molecule has 8 nitrogen and oxygen atoms in total. The molecule has 2 heterocycles. The van der Waals surface area contributed by atoms with E-state index in [1.54, 1.807) is 30.3 Å². The fourth-order valence-corrected chi connectivity index (χ4v) is 8.49. The Kier molecular flexibility index (Phi) is 11.5. The minimum atomic E-state index is -3.65. The maximum absolute atomic E-state index is 12.8. The molecular formula is C43H45ClN2O6S. The lowest BCUT2D eigenvalue weighted by atomic mass is 9.84. The summed E-state index contributed by atoms with van der Waals surface area (Å²) in [6.45, 7) is 4.42. The molecule has 0 aromatic heterocycles. The first-order valence-electron chi connectivity index (χ1n) is 18.1. The van der Waals surface area contributed by atoms with E-state index < -0.39 is 21.9 Å². The quantitative estimate of drug-likeness (QED) is 0.127. The fourth-order valence-electron chi connectivity index (χ4n) is 7.32. The smallest absolute Gasteiger partial charge is 0.240 e. The number of aliphatic hydroxyl groups is 2. The van der Waals surface area contributed by atoms with E-state index in [0.29, 0.717) is 24.4 Å². The van der Waals surface area contributed by atoms with E-state index in [1.165, 1.54) is 0 Å². The van der Waals surface area contributed by atoms with Crippen molar-refractivity contribution in [3.63, 3.8) is 0 Å². The zero-order valence-electron chi connectivity index (χ0n) is 29.6. The number of hydrogen-bond acceptors (Lipinski definition) is 7. The molecule has 0 radical (unpaired) electrons. The Labute approximate surface area is 317 Å². The van der Waals surface area contributed by atoms with Crippen LogP contribution in [-0.2, 0) is 38.2 Å². The predicted octanol–water partition coefficient (Wildman–Crippen LogP) is 7.75. The van der Waals surface area contributed by atoms with E-state index in [0.717, 1.165) is 52.0 Å². The van der Waals surface area contributed by atoms with Crippen molar-refractivity contribution in [3.8, 4) is 11.1 Å². The summed E-state index contributed by atoms with van der Waals surface area (Å²) in [5.74, 6) is 0.0165. The normalized spacial score (nSPS) is 22.0. The van der Waals surface area contributed by atoms with Gasteiger partial charge in [0.25, 0.3) is 0 Å². The second-order valence-electron chi connectivity index (χ2n) is 14.1. The van der Waals surface area contributed by atoms with Crippen LogP contribution in [0.4, 0.5) is 0 Å². The predicted molar refractivity (Wildman–Crippen MR) is 206 cm³/mol. The number of likely N-dealkylation sites (tertiary alicyclic amines) is 1. The van der Waals surface area contributed by atoms with Crippen molar-refractivity contribution in [2.45, 2.75) is 61.9 Å². The van der Waals surface area contributed by atoms with Crippen LogP contribution in [0.25, 0.3) is 11.1 Å². The molecule has 7 rings (SSSR count). The first-order chi connectivity index (χ1) is 25.6. The molecule has 2 aliphatic rings. The van der Waals surface area contributed by atoms with E-state index in [9.17, 15) is 18.6 Å². The van der Waals surface area contributed by atoms with Crippen molar-refractivity contribution < 1.29 is 28.1 Å². The van der Waals surface area contributed by atoms with Gasteiger partial charge in [-0.05, 0) is 82.6 Å². The largest absolute Gasteiger partial charge is 0.392 e. The van der Waals surface area contributed by atoms with E-state index in [1.807, 2.05) is 91.0 Å². The average Bonchev–Trinajstić information content (AvgIpc) is 3.19. The average molecular weight is 753 g/mol. The van der Waals surface area contributed by atoms with Gasteiger partial charge in [0, 0.05) is 42.7 Å². The Hall–Kier alpha value is -3.90. The first-order valence-corrected chi connectivity index (χ1v) is 19.9. The molecule has 5 aromatic carbocycles. The molecule has 276 valence electrons. The molecule has 3 N–H and O–H groups in total. The molecule has 0 unspecified atom stereocenters. The Bertz CT molecular complexity index is 2090. The summed E-state index contributed by atoms with van der Waals surface area (Å²) in [6, 6.07) is 39.7. The van der Waals surface area contributed by atoms with E-state index in [2.05, 4.69) is 22.6 Å². The molecule has 0 saturated carbocycles. The number of ether oxygens (including phenoxy) is 2. The zero-order valence-corrected chi connectivity index (χ0v) is 31.2. The van der Waals surface area contributed by atoms with Crippen LogP contribution >= 0.6 is 11.6 Å². The Morgan fingerprint density at radius 1 is 0.792 bits per heavy atom. The van der Waals surface area contributed by atoms with Gasteiger partial charge in [-0.1, -0.05) is 110 Å². The van der Waals surface area contributed by atoms with Gasteiger partial charge >= 0.3 is 0 Å². The van der Waals surface area contributed by atoms with Gasteiger partial charge in [0.2, 0.25) is 10.0 Å². The second kappa shape index (κ2) is 16.2. The number of hydrogen-bond donors (Lipinski definition) is 3. The Morgan fingerprint density at radius 3 is 2.17 bits per heavy atom. The van der Waals surface area contributed by atoms with E-state index in [-0.39, 0.29) is 36.2 Å². The minimum Gasteiger partial charge on any atom is -0.392 e. The highest BCUT2D eigenvalue weighted by Gasteiger charge is 2.41. The third kappa shape index (κ3) is 8.75. The molecular weight excluding hydrogens is 708 g/mol. The molecule has 0 aliphatic carbocycles. The van der Waals surface area contributed by atoms with Crippen LogP contribution in [0.5, 0.6) is 0 Å². The highest BCUT2D eigenvalue weighted by Crippen LogP contribution is 2.43. The number of nitrogens with zero attached hydrogens (tertiary/aromatic N) is 1. The van der Waals surface area contributed by atoms with Crippen LogP contribution in [0, 0.1) is 5.92 Å². The van der Waals surface area contributed by atoms with Gasteiger partial charge in [0.15, 0.2) is 6.29 Å². The van der Waals surface area contributed by atoms with Gasteiger partial charge in [-0.15, -0.1) is 0 Å². The molecule has 4 atom stereocenters. The summed E-state index contributed by atoms with van der Waals surface area (Å²) in [5.41, 5.74) is 5.47. The van der Waals surface area contributed by atoms with Crippen molar-refractivity contribution in [2.24, 2.45) is 5.92 Å². The molecule has 53 heavy (non-hydrogen) atoms. The number of benzene rings is 5. The summed E-state index contributed by atoms with van der Waals surface area (Å²) in [5, 5.41) is 21.8. The molecule has 2 aliphatic heterocycles. The lowest BCUT2D eigenvalue weighted by molar-refractivity contribution is -0.277. The fraction of sp³-hybridized carbons (Fsp3) is 0.302. The highest BCUT2D eigenvalue weighted by molar-refractivity contribution is 7.89. The molecule has 10 heteroatoms. The van der Waals surface area contributed by atoms with E-state index in [4.69, 9.17) is 21.1 Å². The van der Waals surface area contributed by atoms with Crippen molar-refractivity contribution in [3.05, 3.63) is 160 Å². The first kappa shape index (κ1) is 37.4. The second-order valence-corrected chi connectivity index (χ2v) is 16.3. The number of rotatable bonds is 11. The summed E-state index contributed by atoms with van der Waals surface area (Å²) in [4.78, 5) is 2.60. The number of piperidine rings is 1. The number of aliphatic hydroxyl groups excluding tert-OH is 1. The van der Waals surface area contributed by atoms with Crippen LogP contribution < -0.4 is 4.72 Å². The molecule has 0 amide bonds. The number of halogens is 1. The monoisotopic (exact) mass is 752 g/mol. The molecule has 5 aromatic rings. The van der Waals surface area contributed by atoms with Gasteiger partial charge < -0.3 is 24.6 Å². The van der Waals surface area contributed by atoms with Crippen LogP contribution in [0.2, 0.25) is 5.02 Å².